The minimum atomic E-state index is 0.0260. The number of rotatable bonds is 5. The van der Waals surface area contributed by atoms with Crippen LogP contribution in [-0.4, -0.2) is 52.8 Å². The number of nitrogens with zero attached hydrogens (tertiary/aromatic N) is 3. The van der Waals surface area contributed by atoms with Crippen LogP contribution in [0.3, 0.4) is 0 Å². The molecule has 5 nitrogen and oxygen atoms in total. The first kappa shape index (κ1) is 21.4. The van der Waals surface area contributed by atoms with Gasteiger partial charge >= 0.3 is 0 Å². The Balaban J connectivity index is 1.37. The summed E-state index contributed by atoms with van der Waals surface area (Å²) in [7, 11) is 0. The van der Waals surface area contributed by atoms with E-state index in [1.54, 1.807) is 6.20 Å². The maximum atomic E-state index is 13.2. The number of amides is 2. The topological polar surface area (TPSA) is 53.5 Å². The molecular weight excluding hydrogens is 462 g/mol. The van der Waals surface area contributed by atoms with Crippen LogP contribution in [0.15, 0.2) is 57.0 Å². The normalized spacial score (nSPS) is 17.4. The van der Waals surface area contributed by atoms with Crippen LogP contribution in [0.5, 0.6) is 0 Å². The zero-order valence-corrected chi connectivity index (χ0v) is 19.3. The maximum absolute atomic E-state index is 13.2. The summed E-state index contributed by atoms with van der Waals surface area (Å²) in [5, 5.41) is 0.848. The van der Waals surface area contributed by atoms with E-state index < -0.39 is 0 Å². The highest BCUT2D eigenvalue weighted by Gasteiger charge is 2.28. The molecule has 0 bridgehead atoms. The molecular formula is C23H26BrN3O2S. The molecule has 1 saturated heterocycles. The van der Waals surface area contributed by atoms with Crippen LogP contribution in [0.2, 0.25) is 0 Å². The van der Waals surface area contributed by atoms with Crippen molar-refractivity contribution in [3.63, 3.8) is 0 Å². The van der Waals surface area contributed by atoms with Crippen LogP contribution < -0.4 is 0 Å². The first-order valence-corrected chi connectivity index (χ1v) is 12.2. The fourth-order valence-electron chi connectivity index (χ4n) is 4.19. The van der Waals surface area contributed by atoms with E-state index in [0.29, 0.717) is 44.1 Å². The molecule has 0 unspecified atom stereocenters. The Morgan fingerprint density at radius 3 is 2.40 bits per heavy atom. The van der Waals surface area contributed by atoms with E-state index in [0.717, 1.165) is 14.4 Å². The van der Waals surface area contributed by atoms with Crippen molar-refractivity contribution in [3.8, 4) is 0 Å². The van der Waals surface area contributed by atoms with Gasteiger partial charge in [0.15, 0.2) is 0 Å². The van der Waals surface area contributed by atoms with Gasteiger partial charge in [-0.2, -0.15) is 0 Å². The Kier molecular flexibility index (Phi) is 7.10. The lowest BCUT2D eigenvalue weighted by atomic mass is 10.0. The summed E-state index contributed by atoms with van der Waals surface area (Å²) in [6.45, 7) is 2.43. The number of benzene rings is 1. The molecule has 2 fully saturated rings. The quantitative estimate of drug-likeness (QED) is 0.604. The van der Waals surface area contributed by atoms with E-state index in [1.165, 1.54) is 37.4 Å². The fourth-order valence-corrected chi connectivity index (χ4v) is 5.30. The Labute approximate surface area is 190 Å². The summed E-state index contributed by atoms with van der Waals surface area (Å²) in [4.78, 5) is 34.9. The summed E-state index contributed by atoms with van der Waals surface area (Å²) in [5.41, 5.74) is 0.693. The number of halogens is 1. The number of hydrogen-bond acceptors (Lipinski definition) is 4. The molecule has 2 heterocycles. The lowest BCUT2D eigenvalue weighted by Gasteiger charge is -2.35. The van der Waals surface area contributed by atoms with E-state index in [2.05, 4.69) is 20.9 Å². The van der Waals surface area contributed by atoms with E-state index in [-0.39, 0.29) is 11.8 Å². The highest BCUT2D eigenvalue weighted by Crippen LogP contribution is 2.31. The molecule has 2 aliphatic rings. The molecule has 1 aliphatic carbocycles. The Bertz CT molecular complexity index is 892. The summed E-state index contributed by atoms with van der Waals surface area (Å²) < 4.78 is 0.927. The smallest absolute Gasteiger partial charge is 0.255 e. The highest BCUT2D eigenvalue weighted by molar-refractivity contribution is 9.10. The number of aromatic nitrogens is 1. The second kappa shape index (κ2) is 9.96. The Morgan fingerprint density at radius 2 is 1.70 bits per heavy atom. The van der Waals surface area contributed by atoms with Crippen molar-refractivity contribution in [3.05, 3.63) is 52.6 Å². The highest BCUT2D eigenvalue weighted by atomic mass is 79.9. The average Bonchev–Trinajstić information content (AvgIpc) is 3.28. The number of carbonyl (C=O) groups is 2. The lowest BCUT2D eigenvalue weighted by molar-refractivity contribution is -0.133. The number of pyridine rings is 1. The molecule has 2 amide bonds. The monoisotopic (exact) mass is 487 g/mol. The summed E-state index contributed by atoms with van der Waals surface area (Å²) >= 11 is 4.89. The van der Waals surface area contributed by atoms with Gasteiger partial charge in [-0.3, -0.25) is 9.59 Å². The number of carbonyl (C=O) groups excluding carboxylic acids is 2. The van der Waals surface area contributed by atoms with Crippen LogP contribution in [0.1, 0.15) is 42.5 Å². The van der Waals surface area contributed by atoms with Gasteiger partial charge < -0.3 is 9.80 Å². The van der Waals surface area contributed by atoms with Crippen molar-refractivity contribution in [2.75, 3.05) is 26.2 Å². The largest absolute Gasteiger partial charge is 0.339 e. The third kappa shape index (κ3) is 5.24. The van der Waals surface area contributed by atoms with Gasteiger partial charge in [0.25, 0.3) is 5.91 Å². The minimum absolute atomic E-state index is 0.0260. The van der Waals surface area contributed by atoms with Gasteiger partial charge in [0.05, 0.1) is 5.56 Å². The molecule has 7 heteroatoms. The molecule has 0 atom stereocenters. The minimum Gasteiger partial charge on any atom is -0.339 e. The van der Waals surface area contributed by atoms with Crippen molar-refractivity contribution < 1.29 is 9.59 Å². The SMILES string of the molecule is O=C(CC1CCCC1)N1CCN(C(=O)c2ccccc2Sc2ccc(Br)cn2)CC1. The number of hydrogen-bond donors (Lipinski definition) is 0. The molecule has 158 valence electrons. The van der Waals surface area contributed by atoms with Gasteiger partial charge in [-0.05, 0) is 59.0 Å². The Morgan fingerprint density at radius 1 is 1.00 bits per heavy atom. The summed E-state index contributed by atoms with van der Waals surface area (Å²) in [5.74, 6) is 0.845. The molecule has 0 N–H and O–H groups in total. The van der Waals surface area contributed by atoms with Gasteiger partial charge in [0, 0.05) is 48.2 Å². The third-order valence-electron chi connectivity index (χ3n) is 5.89. The Hall–Kier alpha value is -1.86. The van der Waals surface area contributed by atoms with Gasteiger partial charge in [0.2, 0.25) is 5.91 Å². The van der Waals surface area contributed by atoms with Crippen molar-refractivity contribution in [1.29, 1.82) is 0 Å². The van der Waals surface area contributed by atoms with Gasteiger partial charge in [-0.1, -0.05) is 36.7 Å². The lowest BCUT2D eigenvalue weighted by Crippen LogP contribution is -2.50. The van der Waals surface area contributed by atoms with Crippen LogP contribution in [-0.2, 0) is 4.79 Å². The zero-order valence-electron chi connectivity index (χ0n) is 16.9. The van der Waals surface area contributed by atoms with Crippen molar-refractivity contribution >= 4 is 39.5 Å². The summed E-state index contributed by atoms with van der Waals surface area (Å²) in [6.07, 6.45) is 7.32. The average molecular weight is 488 g/mol. The molecule has 1 saturated carbocycles. The van der Waals surface area contributed by atoms with Gasteiger partial charge in [0.1, 0.15) is 5.03 Å². The molecule has 1 aliphatic heterocycles. The predicted molar refractivity (Wildman–Crippen MR) is 122 cm³/mol. The molecule has 0 radical (unpaired) electrons. The third-order valence-corrected chi connectivity index (χ3v) is 7.39. The molecule has 30 heavy (non-hydrogen) atoms. The van der Waals surface area contributed by atoms with Crippen LogP contribution in [0.25, 0.3) is 0 Å². The van der Waals surface area contributed by atoms with E-state index in [9.17, 15) is 9.59 Å². The molecule has 0 spiro atoms. The van der Waals surface area contributed by atoms with E-state index in [4.69, 9.17) is 0 Å². The zero-order chi connectivity index (χ0) is 20.9. The molecule has 1 aromatic carbocycles. The van der Waals surface area contributed by atoms with Gasteiger partial charge in [-0.15, -0.1) is 0 Å². The van der Waals surface area contributed by atoms with Crippen molar-refractivity contribution in [1.82, 2.24) is 14.8 Å². The molecule has 1 aromatic heterocycles. The van der Waals surface area contributed by atoms with Crippen molar-refractivity contribution in [2.45, 2.75) is 42.0 Å². The van der Waals surface area contributed by atoms with Crippen molar-refractivity contribution in [2.24, 2.45) is 5.92 Å². The predicted octanol–water partition coefficient (Wildman–Crippen LogP) is 4.86. The summed E-state index contributed by atoms with van der Waals surface area (Å²) in [6, 6.07) is 11.6. The number of piperazine rings is 1. The molecule has 4 rings (SSSR count). The second-order valence-corrected chi connectivity index (χ2v) is 9.92. The van der Waals surface area contributed by atoms with Crippen LogP contribution in [0.4, 0.5) is 0 Å². The van der Waals surface area contributed by atoms with Crippen LogP contribution in [0, 0.1) is 5.92 Å². The van der Waals surface area contributed by atoms with E-state index >= 15 is 0 Å². The maximum Gasteiger partial charge on any atom is 0.255 e. The first-order chi connectivity index (χ1) is 14.6. The fraction of sp³-hybridized carbons (Fsp3) is 0.435. The van der Waals surface area contributed by atoms with Crippen LogP contribution >= 0.6 is 27.7 Å². The van der Waals surface area contributed by atoms with E-state index in [1.807, 2.05) is 46.2 Å². The van der Waals surface area contributed by atoms with Gasteiger partial charge in [-0.25, -0.2) is 4.98 Å². The standard InChI is InChI=1S/C23H26BrN3O2S/c24-18-9-10-21(25-16-18)30-20-8-4-3-7-19(20)23(29)27-13-11-26(12-14-27)22(28)15-17-5-1-2-6-17/h3-4,7-10,16-17H,1-2,5-6,11-15H2. The molecule has 2 aromatic rings. The second-order valence-electron chi connectivity index (χ2n) is 7.94. The first-order valence-electron chi connectivity index (χ1n) is 10.6.